The van der Waals surface area contributed by atoms with Crippen molar-refractivity contribution in [1.82, 2.24) is 0 Å². The summed E-state index contributed by atoms with van der Waals surface area (Å²) in [6.45, 7) is 2.14. The molecule has 40 valence electrons. The Hall–Kier alpha value is -0.0900. The zero-order chi connectivity index (χ0) is 5.54. The zero-order valence-corrected chi connectivity index (χ0v) is 5.62. The topological polar surface area (TPSA) is 0 Å². The standard InChI is InChI=1S/C6H11P/c1-3-4-5-6-7-2/h4-5H,2-3,6H2,1H3. The number of hydrogen-bond acceptors (Lipinski definition) is 0. The minimum absolute atomic E-state index is 1.10. The van der Waals surface area contributed by atoms with Gasteiger partial charge in [-0.05, 0) is 6.42 Å². The van der Waals surface area contributed by atoms with Gasteiger partial charge in [0.2, 0.25) is 0 Å². The zero-order valence-electron chi connectivity index (χ0n) is 4.72. The summed E-state index contributed by atoms with van der Waals surface area (Å²) < 4.78 is 0. The third-order valence-electron chi connectivity index (χ3n) is 0.637. The van der Waals surface area contributed by atoms with Gasteiger partial charge in [0.15, 0.2) is 0 Å². The fourth-order valence-electron chi connectivity index (χ4n) is 0.316. The van der Waals surface area contributed by atoms with Crippen molar-refractivity contribution in [1.29, 1.82) is 0 Å². The summed E-state index contributed by atoms with van der Waals surface area (Å²) >= 11 is 0. The molecule has 0 aromatic rings. The van der Waals surface area contributed by atoms with Crippen LogP contribution < -0.4 is 0 Å². The van der Waals surface area contributed by atoms with Crippen LogP contribution in [0.3, 0.4) is 0 Å². The van der Waals surface area contributed by atoms with Crippen LogP contribution >= 0.6 is 8.20 Å². The fraction of sp³-hybridized carbons (Fsp3) is 0.500. The molecule has 0 aromatic carbocycles. The normalized spacial score (nSPS) is 11.0. The van der Waals surface area contributed by atoms with Gasteiger partial charge < -0.3 is 0 Å². The molecule has 0 rings (SSSR count). The Morgan fingerprint density at radius 3 is 2.71 bits per heavy atom. The Labute approximate surface area is 47.0 Å². The minimum atomic E-state index is 1.10. The predicted octanol–water partition coefficient (Wildman–Crippen LogP) is 2.33. The summed E-state index contributed by atoms with van der Waals surface area (Å²) in [7, 11) is 1.22. The van der Waals surface area contributed by atoms with E-state index >= 15 is 0 Å². The van der Waals surface area contributed by atoms with Crippen LogP contribution in [-0.2, 0) is 0 Å². The highest BCUT2D eigenvalue weighted by Gasteiger charge is 1.63. The van der Waals surface area contributed by atoms with E-state index in [1.54, 1.807) is 0 Å². The highest BCUT2D eigenvalue weighted by atomic mass is 31.1. The SMILES string of the molecule is C=PCC=CCC. The molecule has 0 aromatic heterocycles. The first-order valence-corrected chi connectivity index (χ1v) is 3.75. The average Bonchev–Trinajstić information content (AvgIpc) is 1.69. The second kappa shape index (κ2) is 5.91. The molecular weight excluding hydrogens is 103 g/mol. The van der Waals surface area contributed by atoms with Gasteiger partial charge in [0, 0.05) is 6.16 Å². The van der Waals surface area contributed by atoms with E-state index in [0.29, 0.717) is 0 Å². The summed E-state index contributed by atoms with van der Waals surface area (Å²) in [5.41, 5.74) is 0. The minimum Gasteiger partial charge on any atom is -0.108 e. The largest absolute Gasteiger partial charge is 0.108 e. The van der Waals surface area contributed by atoms with Crippen LogP contribution in [0, 0.1) is 0 Å². The molecular formula is C6H11P. The fourth-order valence-corrected chi connectivity index (χ4v) is 0.614. The molecule has 0 spiro atoms. The molecule has 0 unspecified atom stereocenters. The molecule has 0 amide bonds. The molecule has 7 heavy (non-hydrogen) atoms. The lowest BCUT2D eigenvalue weighted by molar-refractivity contribution is 1.22. The predicted molar refractivity (Wildman–Crippen MR) is 38.3 cm³/mol. The van der Waals surface area contributed by atoms with E-state index in [4.69, 9.17) is 0 Å². The quantitative estimate of drug-likeness (QED) is 0.390. The van der Waals surface area contributed by atoms with Crippen molar-refractivity contribution in [2.45, 2.75) is 13.3 Å². The van der Waals surface area contributed by atoms with Crippen molar-refractivity contribution in [3.63, 3.8) is 0 Å². The lowest BCUT2D eigenvalue weighted by Gasteiger charge is -1.74. The molecule has 0 aliphatic carbocycles. The molecule has 1 heteroatoms. The Morgan fingerprint density at radius 1 is 1.57 bits per heavy atom. The Bertz CT molecular complexity index is 64.6. The first-order valence-electron chi connectivity index (χ1n) is 2.49. The molecule has 0 heterocycles. The van der Waals surface area contributed by atoms with Crippen molar-refractivity contribution in [2.24, 2.45) is 0 Å². The van der Waals surface area contributed by atoms with E-state index in [0.717, 1.165) is 12.6 Å². The van der Waals surface area contributed by atoms with Gasteiger partial charge >= 0.3 is 0 Å². The van der Waals surface area contributed by atoms with E-state index in [2.05, 4.69) is 25.4 Å². The van der Waals surface area contributed by atoms with E-state index in [1.807, 2.05) is 0 Å². The second-order valence-electron chi connectivity index (χ2n) is 1.29. The monoisotopic (exact) mass is 114 g/mol. The molecule has 0 bridgehead atoms. The van der Waals surface area contributed by atoms with Crippen molar-refractivity contribution in [2.75, 3.05) is 6.16 Å². The summed E-state index contributed by atoms with van der Waals surface area (Å²) in [6, 6.07) is 0. The van der Waals surface area contributed by atoms with Crippen LogP contribution in [0.5, 0.6) is 0 Å². The smallest absolute Gasteiger partial charge is 0.00684 e. The highest BCUT2D eigenvalue weighted by molar-refractivity contribution is 7.36. The van der Waals surface area contributed by atoms with E-state index in [9.17, 15) is 0 Å². The maximum absolute atomic E-state index is 3.68. The van der Waals surface area contributed by atoms with Gasteiger partial charge in [0.1, 0.15) is 0 Å². The average molecular weight is 114 g/mol. The molecule has 0 saturated carbocycles. The highest BCUT2D eigenvalue weighted by Crippen LogP contribution is 1.90. The maximum Gasteiger partial charge on any atom is 0.00684 e. The third-order valence-corrected chi connectivity index (χ3v) is 1.11. The lowest BCUT2D eigenvalue weighted by atomic mass is 10.4. The van der Waals surface area contributed by atoms with Gasteiger partial charge in [-0.15, -0.1) is 8.20 Å². The first kappa shape index (κ1) is 6.91. The molecule has 0 N–H and O–H groups in total. The molecule has 0 aliphatic rings. The van der Waals surface area contributed by atoms with Gasteiger partial charge in [0.05, 0.1) is 0 Å². The molecule has 0 saturated heterocycles. The first-order chi connectivity index (χ1) is 3.41. The van der Waals surface area contributed by atoms with Crippen molar-refractivity contribution in [3.8, 4) is 0 Å². The van der Waals surface area contributed by atoms with Crippen LogP contribution in [-0.4, -0.2) is 12.5 Å². The number of hydrogen-bond donors (Lipinski definition) is 0. The lowest BCUT2D eigenvalue weighted by Crippen LogP contribution is -1.57. The van der Waals surface area contributed by atoms with Gasteiger partial charge in [-0.1, -0.05) is 25.4 Å². The second-order valence-corrected chi connectivity index (χ2v) is 2.10. The Morgan fingerprint density at radius 2 is 2.29 bits per heavy atom. The maximum atomic E-state index is 3.68. The van der Waals surface area contributed by atoms with Gasteiger partial charge in [-0.2, -0.15) is 0 Å². The number of rotatable bonds is 3. The molecule has 0 atom stereocenters. The van der Waals surface area contributed by atoms with Crippen LogP contribution in [0.4, 0.5) is 0 Å². The van der Waals surface area contributed by atoms with Crippen LogP contribution in [0.25, 0.3) is 0 Å². The molecule has 0 nitrogen and oxygen atoms in total. The third kappa shape index (κ3) is 5.91. The van der Waals surface area contributed by atoms with Gasteiger partial charge in [0.25, 0.3) is 0 Å². The van der Waals surface area contributed by atoms with Gasteiger partial charge in [-0.25, -0.2) is 0 Å². The summed E-state index contributed by atoms with van der Waals surface area (Å²) in [6.07, 6.45) is 10.3. The summed E-state index contributed by atoms with van der Waals surface area (Å²) in [5.74, 6) is 0. The van der Waals surface area contributed by atoms with Gasteiger partial charge in [-0.3, -0.25) is 0 Å². The van der Waals surface area contributed by atoms with Crippen LogP contribution in [0.15, 0.2) is 12.2 Å². The van der Waals surface area contributed by atoms with E-state index in [-0.39, 0.29) is 0 Å². The van der Waals surface area contributed by atoms with E-state index in [1.165, 1.54) is 8.20 Å². The van der Waals surface area contributed by atoms with Crippen molar-refractivity contribution in [3.05, 3.63) is 12.2 Å². The number of allylic oxidation sites excluding steroid dienone is 2. The van der Waals surface area contributed by atoms with Crippen LogP contribution in [0.1, 0.15) is 13.3 Å². The van der Waals surface area contributed by atoms with Crippen molar-refractivity contribution >= 4 is 14.5 Å². The van der Waals surface area contributed by atoms with Crippen molar-refractivity contribution < 1.29 is 0 Å². The summed E-state index contributed by atoms with van der Waals surface area (Å²) in [5, 5.41) is 0. The molecule has 0 aliphatic heterocycles. The Kier molecular flexibility index (Phi) is 5.83. The summed E-state index contributed by atoms with van der Waals surface area (Å²) in [4.78, 5) is 0. The molecule has 0 fully saturated rings. The molecule has 0 radical (unpaired) electrons. The van der Waals surface area contributed by atoms with Crippen LogP contribution in [0.2, 0.25) is 0 Å². The van der Waals surface area contributed by atoms with E-state index < -0.39 is 0 Å². The Balaban J connectivity index is 2.92.